The van der Waals surface area contributed by atoms with Gasteiger partial charge in [0.15, 0.2) is 0 Å². The number of hydrogen-bond donors (Lipinski definition) is 0. The number of halogens is 4. The molecule has 0 spiro atoms. The first kappa shape index (κ1) is 25.2. The molecule has 1 amide bonds. The van der Waals surface area contributed by atoms with Gasteiger partial charge in [-0.05, 0) is 41.8 Å². The highest BCUT2D eigenvalue weighted by atomic mass is 19.4. The maximum atomic E-state index is 13.8. The minimum absolute atomic E-state index is 0.00987. The molecule has 0 saturated heterocycles. The first-order valence-corrected chi connectivity index (χ1v) is 11.3. The van der Waals surface area contributed by atoms with Crippen LogP contribution in [0.25, 0.3) is 0 Å². The zero-order valence-electron chi connectivity index (χ0n) is 19.4. The Bertz CT molecular complexity index is 1280. The van der Waals surface area contributed by atoms with Crippen LogP contribution < -0.4 is 0 Å². The van der Waals surface area contributed by atoms with Crippen LogP contribution in [0, 0.1) is 5.82 Å². The van der Waals surface area contributed by atoms with Crippen molar-refractivity contribution in [2.75, 3.05) is 0 Å². The molecule has 36 heavy (non-hydrogen) atoms. The Kier molecular flexibility index (Phi) is 7.24. The highest BCUT2D eigenvalue weighted by Crippen LogP contribution is 2.43. The molecule has 1 aliphatic heterocycles. The van der Waals surface area contributed by atoms with E-state index in [2.05, 4.69) is 0 Å². The van der Waals surface area contributed by atoms with Crippen LogP contribution in [-0.2, 0) is 33.7 Å². The van der Waals surface area contributed by atoms with Gasteiger partial charge in [-0.2, -0.15) is 13.2 Å². The summed E-state index contributed by atoms with van der Waals surface area (Å²) in [7, 11) is 0. The lowest BCUT2D eigenvalue weighted by molar-refractivity contribution is -0.143. The largest absolute Gasteiger partial charge is 0.457 e. The summed E-state index contributed by atoms with van der Waals surface area (Å²) in [4.78, 5) is 27.8. The van der Waals surface area contributed by atoms with Crippen LogP contribution in [0.5, 0.6) is 0 Å². The number of alkyl halides is 3. The number of rotatable bonds is 6. The van der Waals surface area contributed by atoms with Crippen LogP contribution in [0.4, 0.5) is 17.6 Å². The average Bonchev–Trinajstić information content (AvgIpc) is 2.86. The predicted molar refractivity (Wildman–Crippen MR) is 125 cm³/mol. The standard InChI is InChI=1S/C28H23F4NO3/c1-18-26(27(35)36-17-20-7-3-2-4-8-20)23(22-9-5-6-10-24(22)28(30,31)32)15-25(34)33(18)16-19-11-13-21(29)14-12-19/h2-14,23H,15-17H2,1H3. The fourth-order valence-corrected chi connectivity index (χ4v) is 4.37. The molecular weight excluding hydrogens is 474 g/mol. The zero-order chi connectivity index (χ0) is 25.9. The van der Waals surface area contributed by atoms with Gasteiger partial charge in [-0.1, -0.05) is 60.7 Å². The Morgan fingerprint density at radius 2 is 1.58 bits per heavy atom. The Morgan fingerprint density at radius 1 is 0.944 bits per heavy atom. The van der Waals surface area contributed by atoms with Gasteiger partial charge in [-0.25, -0.2) is 9.18 Å². The molecule has 8 heteroatoms. The Hall–Kier alpha value is -3.94. The summed E-state index contributed by atoms with van der Waals surface area (Å²) >= 11 is 0. The molecule has 4 rings (SSSR count). The first-order chi connectivity index (χ1) is 17.1. The highest BCUT2D eigenvalue weighted by Gasteiger charge is 2.42. The molecule has 1 unspecified atom stereocenters. The van der Waals surface area contributed by atoms with Gasteiger partial charge in [-0.3, -0.25) is 4.79 Å². The molecule has 0 radical (unpaired) electrons. The van der Waals surface area contributed by atoms with Crippen molar-refractivity contribution in [2.45, 2.75) is 38.6 Å². The third-order valence-electron chi connectivity index (χ3n) is 6.15. The number of benzene rings is 3. The van der Waals surface area contributed by atoms with Crippen LogP contribution in [0.1, 0.15) is 41.5 Å². The number of allylic oxidation sites excluding steroid dienone is 1. The maximum absolute atomic E-state index is 13.8. The van der Waals surface area contributed by atoms with Crippen LogP contribution in [0.2, 0.25) is 0 Å². The Balaban J connectivity index is 1.75. The van der Waals surface area contributed by atoms with Crippen molar-refractivity contribution >= 4 is 11.9 Å². The number of carbonyl (C=O) groups excluding carboxylic acids is 2. The summed E-state index contributed by atoms with van der Waals surface area (Å²) in [5, 5.41) is 0. The molecule has 0 N–H and O–H groups in total. The third-order valence-corrected chi connectivity index (χ3v) is 6.15. The normalized spacial score (nSPS) is 16.3. The molecule has 0 aliphatic carbocycles. The van der Waals surface area contributed by atoms with Crippen LogP contribution in [0.15, 0.2) is 90.1 Å². The Labute approximate surface area is 205 Å². The lowest BCUT2D eigenvalue weighted by atomic mass is 9.81. The van der Waals surface area contributed by atoms with Crippen molar-refractivity contribution in [3.8, 4) is 0 Å². The van der Waals surface area contributed by atoms with E-state index in [1.807, 2.05) is 6.07 Å². The van der Waals surface area contributed by atoms with E-state index in [1.165, 1.54) is 54.3 Å². The summed E-state index contributed by atoms with van der Waals surface area (Å²) < 4.78 is 60.3. The number of amides is 1. The van der Waals surface area contributed by atoms with E-state index < -0.39 is 35.4 Å². The van der Waals surface area contributed by atoms with E-state index in [4.69, 9.17) is 4.74 Å². The molecule has 0 aromatic heterocycles. The lowest BCUT2D eigenvalue weighted by Crippen LogP contribution is -2.38. The monoisotopic (exact) mass is 497 g/mol. The van der Waals surface area contributed by atoms with Gasteiger partial charge in [0, 0.05) is 18.0 Å². The molecule has 0 fully saturated rings. The van der Waals surface area contributed by atoms with Gasteiger partial charge >= 0.3 is 12.1 Å². The molecule has 0 saturated carbocycles. The SMILES string of the molecule is CC1=C(C(=O)OCc2ccccc2)C(c2ccccc2C(F)(F)F)CC(=O)N1Cc1ccc(F)cc1. The molecule has 3 aromatic rings. The maximum Gasteiger partial charge on any atom is 0.416 e. The van der Waals surface area contributed by atoms with Crippen LogP contribution in [0.3, 0.4) is 0 Å². The second-order valence-electron chi connectivity index (χ2n) is 8.51. The van der Waals surface area contributed by atoms with Crippen molar-refractivity contribution in [1.29, 1.82) is 0 Å². The minimum atomic E-state index is -4.67. The van der Waals surface area contributed by atoms with E-state index >= 15 is 0 Å². The van der Waals surface area contributed by atoms with E-state index in [-0.39, 0.29) is 36.4 Å². The molecular formula is C28H23F4NO3. The molecule has 0 bridgehead atoms. The summed E-state index contributed by atoms with van der Waals surface area (Å²) in [6.45, 7) is 1.48. The minimum Gasteiger partial charge on any atom is -0.457 e. The van der Waals surface area contributed by atoms with E-state index in [9.17, 15) is 27.2 Å². The highest BCUT2D eigenvalue weighted by molar-refractivity contribution is 5.96. The summed E-state index contributed by atoms with van der Waals surface area (Å²) in [5.41, 5.74) is 0.448. The average molecular weight is 497 g/mol. The molecule has 3 aromatic carbocycles. The van der Waals surface area contributed by atoms with Gasteiger partial charge in [0.05, 0.1) is 17.7 Å². The van der Waals surface area contributed by atoms with Crippen LogP contribution in [-0.4, -0.2) is 16.8 Å². The smallest absolute Gasteiger partial charge is 0.416 e. The first-order valence-electron chi connectivity index (χ1n) is 11.3. The fraction of sp³-hybridized carbons (Fsp3) is 0.214. The van der Waals surface area contributed by atoms with Gasteiger partial charge in [0.1, 0.15) is 12.4 Å². The van der Waals surface area contributed by atoms with Gasteiger partial charge in [-0.15, -0.1) is 0 Å². The third kappa shape index (κ3) is 5.48. The number of nitrogens with zero attached hydrogens (tertiary/aromatic N) is 1. The molecule has 186 valence electrons. The van der Waals surface area contributed by atoms with E-state index in [1.54, 1.807) is 24.3 Å². The van der Waals surface area contributed by atoms with Crippen molar-refractivity contribution < 1.29 is 31.9 Å². The summed E-state index contributed by atoms with van der Waals surface area (Å²) in [5.74, 6) is -2.82. The van der Waals surface area contributed by atoms with Gasteiger partial charge in [0.25, 0.3) is 0 Å². The van der Waals surface area contributed by atoms with E-state index in [0.29, 0.717) is 11.1 Å². The molecule has 1 aliphatic rings. The Morgan fingerprint density at radius 3 is 2.25 bits per heavy atom. The summed E-state index contributed by atoms with van der Waals surface area (Å²) in [6.07, 6.45) is -5.01. The van der Waals surface area contributed by atoms with Gasteiger partial charge < -0.3 is 9.64 Å². The summed E-state index contributed by atoms with van der Waals surface area (Å²) in [6, 6.07) is 19.3. The molecule has 1 heterocycles. The van der Waals surface area contributed by atoms with Crippen molar-refractivity contribution in [3.63, 3.8) is 0 Å². The number of esters is 1. The molecule has 1 atom stereocenters. The second kappa shape index (κ2) is 10.4. The topological polar surface area (TPSA) is 46.6 Å². The van der Waals surface area contributed by atoms with E-state index in [0.717, 1.165) is 6.07 Å². The quantitative estimate of drug-likeness (QED) is 0.293. The van der Waals surface area contributed by atoms with Gasteiger partial charge in [0.2, 0.25) is 5.91 Å². The lowest BCUT2D eigenvalue weighted by Gasteiger charge is -2.35. The number of carbonyl (C=O) groups is 2. The molecule has 4 nitrogen and oxygen atoms in total. The van der Waals surface area contributed by atoms with Crippen molar-refractivity contribution in [1.82, 2.24) is 4.90 Å². The second-order valence-corrected chi connectivity index (χ2v) is 8.51. The van der Waals surface area contributed by atoms with Crippen molar-refractivity contribution in [2.24, 2.45) is 0 Å². The number of hydrogen-bond acceptors (Lipinski definition) is 3. The zero-order valence-corrected chi connectivity index (χ0v) is 19.4. The number of ether oxygens (including phenoxy) is 1. The van der Waals surface area contributed by atoms with Crippen LogP contribution >= 0.6 is 0 Å². The fourth-order valence-electron chi connectivity index (χ4n) is 4.37. The van der Waals surface area contributed by atoms with Crippen molar-refractivity contribution in [3.05, 3.63) is 118 Å². The predicted octanol–water partition coefficient (Wildman–Crippen LogP) is 6.38.